The normalized spacial score (nSPS) is 11.2. The number of halogens is 2. The van der Waals surface area contributed by atoms with E-state index < -0.39 is 17.0 Å². The summed E-state index contributed by atoms with van der Waals surface area (Å²) in [5, 5.41) is 2.69. The van der Waals surface area contributed by atoms with Crippen LogP contribution in [0.3, 0.4) is 0 Å². The van der Waals surface area contributed by atoms with Crippen molar-refractivity contribution in [3.63, 3.8) is 0 Å². The summed E-state index contributed by atoms with van der Waals surface area (Å²) >= 11 is 0. The Morgan fingerprint density at radius 2 is 1.94 bits per heavy atom. The van der Waals surface area contributed by atoms with Crippen LogP contribution in [0.2, 0.25) is 0 Å². The maximum atomic E-state index is 12.8. The highest BCUT2D eigenvalue weighted by molar-refractivity contribution is 5.81. The van der Waals surface area contributed by atoms with Crippen LogP contribution in [0.25, 0.3) is 0 Å². The minimum atomic E-state index is -0.953. The van der Waals surface area contributed by atoms with E-state index >= 15 is 0 Å². The minimum absolute atomic E-state index is 0.0867. The lowest BCUT2D eigenvalue weighted by molar-refractivity contribution is -0.128. The van der Waals surface area contributed by atoms with Gasteiger partial charge >= 0.3 is 0 Å². The van der Waals surface area contributed by atoms with Gasteiger partial charge < -0.3 is 10.1 Å². The Morgan fingerprint density at radius 1 is 1.28 bits per heavy atom. The number of rotatable bonds is 4. The lowest BCUT2D eigenvalue weighted by Crippen LogP contribution is -2.37. The summed E-state index contributed by atoms with van der Waals surface area (Å²) < 4.78 is 30.7. The van der Waals surface area contributed by atoms with Crippen molar-refractivity contribution in [2.75, 3.05) is 13.2 Å². The van der Waals surface area contributed by atoms with Crippen LogP contribution in [0.1, 0.15) is 20.8 Å². The number of ether oxygens (including phenoxy) is 1. The molecule has 1 N–H and O–H groups in total. The quantitative estimate of drug-likeness (QED) is 0.842. The first-order valence-electron chi connectivity index (χ1n) is 5.67. The summed E-state index contributed by atoms with van der Waals surface area (Å²) in [6.07, 6.45) is 0. The van der Waals surface area contributed by atoms with Crippen LogP contribution < -0.4 is 10.1 Å². The van der Waals surface area contributed by atoms with Crippen molar-refractivity contribution in [2.24, 2.45) is 5.41 Å². The fraction of sp³-hybridized carbons (Fsp3) is 0.462. The first kappa shape index (κ1) is 14.4. The van der Waals surface area contributed by atoms with Crippen LogP contribution in [0, 0.1) is 17.0 Å². The summed E-state index contributed by atoms with van der Waals surface area (Å²) in [6.45, 7) is 5.93. The smallest absolute Gasteiger partial charge is 0.225 e. The van der Waals surface area contributed by atoms with Crippen molar-refractivity contribution < 1.29 is 18.3 Å². The van der Waals surface area contributed by atoms with Gasteiger partial charge in [-0.3, -0.25) is 4.79 Å². The van der Waals surface area contributed by atoms with Crippen molar-refractivity contribution in [3.05, 3.63) is 29.8 Å². The molecule has 1 aromatic rings. The average molecular weight is 257 g/mol. The first-order valence-corrected chi connectivity index (χ1v) is 5.67. The summed E-state index contributed by atoms with van der Waals surface area (Å²) in [5.74, 6) is -1.72. The number of nitrogens with one attached hydrogen (secondary N) is 1. The van der Waals surface area contributed by atoms with Crippen LogP contribution in [0.4, 0.5) is 8.78 Å². The van der Waals surface area contributed by atoms with Crippen LogP contribution in [-0.2, 0) is 4.79 Å². The fourth-order valence-corrected chi connectivity index (χ4v) is 1.17. The average Bonchev–Trinajstić information content (AvgIpc) is 2.27. The zero-order valence-corrected chi connectivity index (χ0v) is 10.7. The number of carbonyl (C=O) groups excluding carboxylic acids is 1. The van der Waals surface area contributed by atoms with E-state index in [4.69, 9.17) is 4.74 Å². The zero-order chi connectivity index (χ0) is 13.8. The number of benzene rings is 1. The number of carbonyl (C=O) groups is 1. The van der Waals surface area contributed by atoms with Gasteiger partial charge in [0.1, 0.15) is 12.4 Å². The van der Waals surface area contributed by atoms with Gasteiger partial charge in [-0.25, -0.2) is 8.78 Å². The molecule has 0 heterocycles. The van der Waals surface area contributed by atoms with E-state index in [0.717, 1.165) is 12.1 Å². The summed E-state index contributed by atoms with van der Waals surface area (Å²) in [7, 11) is 0. The predicted molar refractivity (Wildman–Crippen MR) is 64.3 cm³/mol. The Balaban J connectivity index is 2.34. The van der Waals surface area contributed by atoms with E-state index in [1.807, 2.05) is 0 Å². The third kappa shape index (κ3) is 4.31. The molecule has 0 saturated heterocycles. The molecule has 0 bridgehead atoms. The zero-order valence-electron chi connectivity index (χ0n) is 10.7. The van der Waals surface area contributed by atoms with Gasteiger partial charge in [-0.05, 0) is 12.1 Å². The van der Waals surface area contributed by atoms with E-state index in [0.29, 0.717) is 6.54 Å². The van der Waals surface area contributed by atoms with Gasteiger partial charge in [-0.2, -0.15) is 0 Å². The van der Waals surface area contributed by atoms with E-state index in [1.54, 1.807) is 20.8 Å². The van der Waals surface area contributed by atoms with Crippen LogP contribution >= 0.6 is 0 Å². The molecule has 0 unspecified atom stereocenters. The summed E-state index contributed by atoms with van der Waals surface area (Å²) in [6, 6.07) is 3.31. The molecular formula is C13H17F2NO2. The topological polar surface area (TPSA) is 38.3 Å². The van der Waals surface area contributed by atoms with E-state index in [2.05, 4.69) is 5.32 Å². The lowest BCUT2D eigenvalue weighted by atomic mass is 9.96. The molecule has 1 rings (SSSR count). The van der Waals surface area contributed by atoms with Crippen LogP contribution in [0.15, 0.2) is 18.2 Å². The third-order valence-corrected chi connectivity index (χ3v) is 2.23. The predicted octanol–water partition coefficient (Wildman–Crippen LogP) is 2.51. The largest absolute Gasteiger partial charge is 0.492 e. The molecule has 0 saturated carbocycles. The van der Waals surface area contributed by atoms with Gasteiger partial charge in [-0.1, -0.05) is 20.8 Å². The molecule has 0 aromatic heterocycles. The van der Waals surface area contributed by atoms with Gasteiger partial charge in [0.05, 0.1) is 6.54 Å². The molecule has 5 heteroatoms. The molecule has 0 atom stereocenters. The molecule has 1 aromatic carbocycles. The monoisotopic (exact) mass is 257 g/mol. The molecule has 0 aliphatic heterocycles. The minimum Gasteiger partial charge on any atom is -0.492 e. The Hall–Kier alpha value is -1.65. The molecule has 0 spiro atoms. The van der Waals surface area contributed by atoms with Crippen LogP contribution in [0.5, 0.6) is 5.75 Å². The Labute approximate surface area is 105 Å². The molecule has 100 valence electrons. The fourth-order valence-electron chi connectivity index (χ4n) is 1.17. The molecule has 0 aliphatic rings. The van der Waals surface area contributed by atoms with Crippen molar-refractivity contribution in [3.8, 4) is 5.75 Å². The summed E-state index contributed by atoms with van der Waals surface area (Å²) in [4.78, 5) is 11.5. The Kier molecular flexibility index (Phi) is 4.64. The molecule has 0 aliphatic carbocycles. The molecular weight excluding hydrogens is 240 g/mol. The second-order valence-electron chi connectivity index (χ2n) is 4.93. The molecule has 1 amide bonds. The van der Waals surface area contributed by atoms with E-state index in [1.165, 1.54) is 6.07 Å². The highest BCUT2D eigenvalue weighted by Gasteiger charge is 2.20. The maximum Gasteiger partial charge on any atom is 0.225 e. The van der Waals surface area contributed by atoms with Crippen molar-refractivity contribution in [1.82, 2.24) is 5.32 Å². The van der Waals surface area contributed by atoms with Gasteiger partial charge in [0.15, 0.2) is 11.6 Å². The van der Waals surface area contributed by atoms with Gasteiger partial charge in [0.2, 0.25) is 5.91 Å². The molecule has 0 fully saturated rings. The van der Waals surface area contributed by atoms with Crippen LogP contribution in [-0.4, -0.2) is 19.1 Å². The molecule has 18 heavy (non-hydrogen) atoms. The second-order valence-corrected chi connectivity index (χ2v) is 4.93. The number of hydrogen-bond acceptors (Lipinski definition) is 2. The van der Waals surface area contributed by atoms with Gasteiger partial charge in [0.25, 0.3) is 0 Å². The van der Waals surface area contributed by atoms with Gasteiger partial charge in [0, 0.05) is 11.5 Å². The van der Waals surface area contributed by atoms with E-state index in [-0.39, 0.29) is 18.3 Å². The van der Waals surface area contributed by atoms with Crippen molar-refractivity contribution in [1.29, 1.82) is 0 Å². The highest BCUT2D eigenvalue weighted by atomic mass is 19.2. The number of amides is 1. The first-order chi connectivity index (χ1) is 8.30. The van der Waals surface area contributed by atoms with Gasteiger partial charge in [-0.15, -0.1) is 0 Å². The van der Waals surface area contributed by atoms with E-state index in [9.17, 15) is 13.6 Å². The summed E-state index contributed by atoms with van der Waals surface area (Å²) in [5.41, 5.74) is -0.456. The third-order valence-electron chi connectivity index (χ3n) is 2.23. The number of hydrogen-bond donors (Lipinski definition) is 1. The standard InChI is InChI=1S/C13H17F2NO2/c1-13(2,3)12(17)16-6-7-18-9-4-5-10(14)11(15)8-9/h4-5,8H,6-7H2,1-3H3,(H,16,17). The highest BCUT2D eigenvalue weighted by Crippen LogP contribution is 2.15. The SMILES string of the molecule is CC(C)(C)C(=O)NCCOc1ccc(F)c(F)c1. The van der Waals surface area contributed by atoms with Crippen molar-refractivity contribution >= 4 is 5.91 Å². The Bertz CT molecular complexity index is 427. The van der Waals surface area contributed by atoms with Crippen molar-refractivity contribution in [2.45, 2.75) is 20.8 Å². The lowest BCUT2D eigenvalue weighted by Gasteiger charge is -2.17. The Morgan fingerprint density at radius 3 is 2.50 bits per heavy atom. The second kappa shape index (κ2) is 5.80. The molecule has 3 nitrogen and oxygen atoms in total. The molecule has 0 radical (unpaired) electrons. The maximum absolute atomic E-state index is 12.8.